The normalized spacial score (nSPS) is 23.5. The molecule has 0 fully saturated rings. The summed E-state index contributed by atoms with van der Waals surface area (Å²) in [6, 6.07) is 5.77. The predicted octanol–water partition coefficient (Wildman–Crippen LogP) is 0.106. The number of H-pyrrole nitrogens is 1. The number of fused-ring (bicyclic) bond motifs is 1. The number of aromatic amines is 1. The zero-order valence-corrected chi connectivity index (χ0v) is 9.01. The van der Waals surface area contributed by atoms with Gasteiger partial charge in [0, 0.05) is 17.1 Å². The highest BCUT2D eigenvalue weighted by Gasteiger charge is 2.28. The number of nitrogens with one attached hydrogen (secondary N) is 2. The van der Waals surface area contributed by atoms with Crippen molar-refractivity contribution in [3.05, 3.63) is 42.2 Å². The summed E-state index contributed by atoms with van der Waals surface area (Å²) in [5.41, 5.74) is 12.8. The number of nitrogens with zero attached hydrogens (tertiary/aromatic N) is 2. The van der Waals surface area contributed by atoms with Gasteiger partial charge in [-0.3, -0.25) is 10.8 Å². The standard InChI is InChI=1S/C11H12N6/c12-10-14-5-4-11(13,16-10)8-2-1-3-9-7(8)6-15-17-9/h1-6H,13H2,(H,15,17)(H3,12,14,16). The lowest BCUT2D eigenvalue weighted by Gasteiger charge is -2.26. The first kappa shape index (κ1) is 9.86. The molecule has 0 spiro atoms. The van der Waals surface area contributed by atoms with Crippen LogP contribution in [0, 0.1) is 0 Å². The lowest BCUT2D eigenvalue weighted by molar-refractivity contribution is 0.586. The Bertz CT molecular complexity index is 626. The number of aromatic nitrogens is 2. The van der Waals surface area contributed by atoms with Crippen LogP contribution in [0.5, 0.6) is 0 Å². The third kappa shape index (κ3) is 1.46. The molecule has 1 aromatic carbocycles. The van der Waals surface area contributed by atoms with Gasteiger partial charge in [0.15, 0.2) is 11.6 Å². The Kier molecular flexibility index (Phi) is 1.93. The molecule has 0 saturated carbocycles. The topological polar surface area (TPSA) is 105 Å². The molecule has 0 saturated heterocycles. The predicted molar refractivity (Wildman–Crippen MR) is 65.9 cm³/mol. The third-order valence-corrected chi connectivity index (χ3v) is 2.79. The van der Waals surface area contributed by atoms with E-state index in [9.17, 15) is 0 Å². The Balaban J connectivity index is 2.24. The molecule has 6 N–H and O–H groups in total. The van der Waals surface area contributed by atoms with Crippen LogP contribution in [0.4, 0.5) is 0 Å². The fourth-order valence-electron chi connectivity index (χ4n) is 1.99. The molecule has 17 heavy (non-hydrogen) atoms. The van der Waals surface area contributed by atoms with Crippen molar-refractivity contribution < 1.29 is 0 Å². The minimum atomic E-state index is -0.946. The van der Waals surface area contributed by atoms with E-state index in [1.54, 1.807) is 18.5 Å². The van der Waals surface area contributed by atoms with E-state index in [1.165, 1.54) is 0 Å². The van der Waals surface area contributed by atoms with Gasteiger partial charge >= 0.3 is 0 Å². The third-order valence-electron chi connectivity index (χ3n) is 2.79. The van der Waals surface area contributed by atoms with E-state index in [2.05, 4.69) is 20.5 Å². The van der Waals surface area contributed by atoms with Crippen molar-refractivity contribution in [1.29, 1.82) is 0 Å². The van der Waals surface area contributed by atoms with E-state index >= 15 is 0 Å². The second-order valence-corrected chi connectivity index (χ2v) is 3.94. The van der Waals surface area contributed by atoms with Crippen LogP contribution in [0.1, 0.15) is 5.56 Å². The summed E-state index contributed by atoms with van der Waals surface area (Å²) < 4.78 is 0. The second-order valence-electron chi connectivity index (χ2n) is 3.94. The number of nitrogens with two attached hydrogens (primary N) is 2. The fraction of sp³-hybridized carbons (Fsp3) is 0.0909. The highest BCUT2D eigenvalue weighted by Crippen LogP contribution is 2.29. The molecule has 1 unspecified atom stereocenters. The first-order valence-corrected chi connectivity index (χ1v) is 5.20. The van der Waals surface area contributed by atoms with Crippen molar-refractivity contribution in [2.45, 2.75) is 5.66 Å². The monoisotopic (exact) mass is 228 g/mol. The highest BCUT2D eigenvalue weighted by molar-refractivity contribution is 5.85. The average Bonchev–Trinajstić information content (AvgIpc) is 2.76. The molecule has 3 rings (SSSR count). The van der Waals surface area contributed by atoms with E-state index in [4.69, 9.17) is 11.5 Å². The molecule has 0 bridgehead atoms. The number of guanidine groups is 1. The summed E-state index contributed by atoms with van der Waals surface area (Å²) in [5, 5.41) is 10.6. The fourth-order valence-corrected chi connectivity index (χ4v) is 1.99. The smallest absolute Gasteiger partial charge is 0.195 e. The average molecular weight is 228 g/mol. The molecule has 1 aromatic heterocycles. The zero-order chi connectivity index (χ0) is 11.9. The van der Waals surface area contributed by atoms with Gasteiger partial charge in [-0.15, -0.1) is 0 Å². The van der Waals surface area contributed by atoms with Crippen LogP contribution < -0.4 is 16.8 Å². The van der Waals surface area contributed by atoms with Gasteiger partial charge < -0.3 is 11.1 Å². The van der Waals surface area contributed by atoms with Crippen LogP contribution >= 0.6 is 0 Å². The molecule has 6 nitrogen and oxygen atoms in total. The van der Waals surface area contributed by atoms with Gasteiger partial charge in [-0.25, -0.2) is 4.99 Å². The molecule has 2 aromatic rings. The second kappa shape index (κ2) is 3.33. The van der Waals surface area contributed by atoms with Crippen molar-refractivity contribution in [3.8, 4) is 0 Å². The summed E-state index contributed by atoms with van der Waals surface area (Å²) in [4.78, 5) is 4.25. The number of hydrogen-bond donors (Lipinski definition) is 4. The van der Waals surface area contributed by atoms with Gasteiger partial charge in [-0.2, -0.15) is 5.10 Å². The Hall–Kier alpha value is -2.34. The molecule has 1 atom stereocenters. The summed E-state index contributed by atoms with van der Waals surface area (Å²) in [5.74, 6) is 0.301. The van der Waals surface area contributed by atoms with Crippen molar-refractivity contribution >= 4 is 16.9 Å². The molecule has 2 heterocycles. The molecule has 86 valence electrons. The number of rotatable bonds is 1. The van der Waals surface area contributed by atoms with E-state index in [-0.39, 0.29) is 0 Å². The van der Waals surface area contributed by atoms with Crippen molar-refractivity contribution in [2.75, 3.05) is 0 Å². The van der Waals surface area contributed by atoms with Crippen LogP contribution in [0.25, 0.3) is 10.9 Å². The molecule has 6 heteroatoms. The first-order valence-electron chi connectivity index (χ1n) is 5.20. The molecule has 0 amide bonds. The molecule has 0 radical (unpaired) electrons. The van der Waals surface area contributed by atoms with E-state index in [0.717, 1.165) is 16.5 Å². The van der Waals surface area contributed by atoms with E-state index < -0.39 is 5.66 Å². The summed E-state index contributed by atoms with van der Waals surface area (Å²) in [6.07, 6.45) is 5.20. The Labute approximate surface area is 97.4 Å². The lowest BCUT2D eigenvalue weighted by atomic mass is 9.97. The molecule has 1 aliphatic heterocycles. The largest absolute Gasteiger partial charge is 0.370 e. The van der Waals surface area contributed by atoms with Crippen LogP contribution in [-0.4, -0.2) is 16.2 Å². The summed E-state index contributed by atoms with van der Waals surface area (Å²) in [6.45, 7) is 0. The Morgan fingerprint density at radius 1 is 1.29 bits per heavy atom. The molecule has 0 aliphatic carbocycles. The Morgan fingerprint density at radius 2 is 2.18 bits per heavy atom. The molecule has 1 aliphatic rings. The van der Waals surface area contributed by atoms with Gasteiger partial charge in [0.25, 0.3) is 0 Å². The van der Waals surface area contributed by atoms with E-state index in [1.807, 2.05) is 18.2 Å². The minimum absolute atomic E-state index is 0.301. The van der Waals surface area contributed by atoms with Crippen molar-refractivity contribution in [2.24, 2.45) is 16.5 Å². The van der Waals surface area contributed by atoms with Crippen LogP contribution in [0.3, 0.4) is 0 Å². The summed E-state index contributed by atoms with van der Waals surface area (Å²) in [7, 11) is 0. The SMILES string of the molecule is NC1=NC(N)(c2cccc3[nH]ncc23)C=CN1. The maximum atomic E-state index is 6.26. The van der Waals surface area contributed by atoms with Gasteiger partial charge in [0.05, 0.1) is 11.7 Å². The lowest BCUT2D eigenvalue weighted by Crippen LogP contribution is -2.42. The molecular weight excluding hydrogens is 216 g/mol. The maximum Gasteiger partial charge on any atom is 0.195 e. The van der Waals surface area contributed by atoms with Gasteiger partial charge in [0.2, 0.25) is 0 Å². The maximum absolute atomic E-state index is 6.26. The van der Waals surface area contributed by atoms with Crippen molar-refractivity contribution in [1.82, 2.24) is 15.5 Å². The van der Waals surface area contributed by atoms with Gasteiger partial charge in [-0.1, -0.05) is 12.1 Å². The summed E-state index contributed by atoms with van der Waals surface area (Å²) >= 11 is 0. The number of benzene rings is 1. The Morgan fingerprint density at radius 3 is 3.00 bits per heavy atom. The quantitative estimate of drug-likeness (QED) is 0.555. The van der Waals surface area contributed by atoms with Gasteiger partial charge in [-0.05, 0) is 12.1 Å². The van der Waals surface area contributed by atoms with Gasteiger partial charge in [0.1, 0.15) is 0 Å². The first-order chi connectivity index (χ1) is 8.19. The number of aliphatic imine (C=N–C) groups is 1. The van der Waals surface area contributed by atoms with Crippen LogP contribution in [0.15, 0.2) is 41.7 Å². The van der Waals surface area contributed by atoms with Crippen LogP contribution in [0.2, 0.25) is 0 Å². The molecular formula is C11H12N6. The number of hydrogen-bond acceptors (Lipinski definition) is 5. The zero-order valence-electron chi connectivity index (χ0n) is 9.01. The van der Waals surface area contributed by atoms with E-state index in [0.29, 0.717) is 5.96 Å². The van der Waals surface area contributed by atoms with Crippen LogP contribution in [-0.2, 0) is 5.66 Å². The minimum Gasteiger partial charge on any atom is -0.370 e. The highest BCUT2D eigenvalue weighted by atomic mass is 15.2. The van der Waals surface area contributed by atoms with Crippen molar-refractivity contribution in [3.63, 3.8) is 0 Å².